The van der Waals surface area contributed by atoms with Crippen molar-refractivity contribution in [3.05, 3.63) is 59.5 Å². The molecule has 0 bridgehead atoms. The van der Waals surface area contributed by atoms with Crippen LogP contribution in [0.15, 0.2) is 42.6 Å². The number of benzene rings is 1. The number of carbonyl (C=O) groups is 1. The molecule has 26 heavy (non-hydrogen) atoms. The molecule has 2 aliphatic heterocycles. The molecule has 0 unspecified atom stereocenters. The number of imidazole rings is 1. The van der Waals surface area contributed by atoms with E-state index in [4.69, 9.17) is 4.74 Å². The number of rotatable bonds is 2. The van der Waals surface area contributed by atoms with Crippen LogP contribution >= 0.6 is 0 Å². The second kappa shape index (κ2) is 5.64. The molecular formula is C20H20N4O2. The smallest absolute Gasteiger partial charge is 0.256 e. The number of H-pyrrole nitrogens is 1. The number of likely N-dealkylation sites (tertiary alicyclic amines) is 1. The molecule has 1 aromatic carbocycles. The molecular weight excluding hydrogens is 328 g/mol. The Morgan fingerprint density at radius 3 is 3.00 bits per heavy atom. The lowest BCUT2D eigenvalue weighted by atomic mass is 9.75. The molecule has 0 radical (unpaired) electrons. The molecule has 2 atom stereocenters. The molecule has 4 heterocycles. The van der Waals surface area contributed by atoms with Crippen LogP contribution in [0.1, 0.15) is 21.7 Å². The van der Waals surface area contributed by atoms with Crippen LogP contribution in [0, 0.1) is 12.8 Å². The standard InChI is InChI=1S/C20H20N4O2/c1-13-22-17-16(7-8-21-18(17)23-13)19(25)24-9-15-10-26-12-20(15,11-24)14-5-3-2-4-6-14/h2-8,15H,9-12H2,1H3,(H,21,22,23)/t15-,20+/m1/s1. The SMILES string of the molecule is Cc1nc2nccc(C(=O)N3C[C@@H]4COC[C@]4(c4ccccc4)C3)c2[nH]1. The fraction of sp³-hybridized carbons (Fsp3) is 0.350. The van der Waals surface area contributed by atoms with Gasteiger partial charge in [-0.15, -0.1) is 0 Å². The first-order valence-electron chi connectivity index (χ1n) is 8.91. The summed E-state index contributed by atoms with van der Waals surface area (Å²) in [4.78, 5) is 27.0. The normalized spacial score (nSPS) is 25.0. The molecule has 0 spiro atoms. The van der Waals surface area contributed by atoms with E-state index in [1.54, 1.807) is 12.3 Å². The number of hydrogen-bond acceptors (Lipinski definition) is 4. The minimum absolute atomic E-state index is 0.0331. The van der Waals surface area contributed by atoms with Gasteiger partial charge in [0.05, 0.1) is 24.3 Å². The second-order valence-electron chi connectivity index (χ2n) is 7.30. The largest absolute Gasteiger partial charge is 0.380 e. The first-order valence-corrected chi connectivity index (χ1v) is 8.91. The van der Waals surface area contributed by atoms with Crippen LogP contribution in [0.2, 0.25) is 0 Å². The Morgan fingerprint density at radius 1 is 1.31 bits per heavy atom. The summed E-state index contributed by atoms with van der Waals surface area (Å²) in [6.45, 7) is 4.63. The number of nitrogens with zero attached hydrogens (tertiary/aromatic N) is 3. The summed E-state index contributed by atoms with van der Waals surface area (Å²) in [5.41, 5.74) is 3.10. The fourth-order valence-corrected chi connectivity index (χ4v) is 4.44. The highest BCUT2D eigenvalue weighted by Crippen LogP contribution is 2.44. The van der Waals surface area contributed by atoms with E-state index in [0.717, 1.165) is 11.3 Å². The lowest BCUT2D eigenvalue weighted by Gasteiger charge is -2.27. The van der Waals surface area contributed by atoms with E-state index >= 15 is 0 Å². The number of carbonyl (C=O) groups excluding carboxylic acids is 1. The minimum Gasteiger partial charge on any atom is -0.380 e. The number of hydrogen-bond donors (Lipinski definition) is 1. The molecule has 6 heteroatoms. The number of fused-ring (bicyclic) bond motifs is 2. The van der Waals surface area contributed by atoms with E-state index in [-0.39, 0.29) is 11.3 Å². The summed E-state index contributed by atoms with van der Waals surface area (Å²) in [5, 5.41) is 0. The van der Waals surface area contributed by atoms with Gasteiger partial charge in [-0.3, -0.25) is 4.79 Å². The topological polar surface area (TPSA) is 71.1 Å². The zero-order chi connectivity index (χ0) is 17.7. The number of aromatic nitrogens is 3. The predicted molar refractivity (Wildman–Crippen MR) is 97.0 cm³/mol. The third-order valence-corrected chi connectivity index (χ3v) is 5.75. The van der Waals surface area contributed by atoms with E-state index < -0.39 is 0 Å². The van der Waals surface area contributed by atoms with Crippen LogP contribution in [-0.4, -0.2) is 52.1 Å². The quantitative estimate of drug-likeness (QED) is 0.771. The highest BCUT2D eigenvalue weighted by molar-refractivity contribution is 6.04. The number of amides is 1. The highest BCUT2D eigenvalue weighted by atomic mass is 16.5. The summed E-state index contributed by atoms with van der Waals surface area (Å²) in [5.74, 6) is 1.13. The van der Waals surface area contributed by atoms with Gasteiger partial charge in [0, 0.05) is 30.6 Å². The van der Waals surface area contributed by atoms with E-state index in [1.165, 1.54) is 5.56 Å². The fourth-order valence-electron chi connectivity index (χ4n) is 4.44. The van der Waals surface area contributed by atoms with E-state index in [1.807, 2.05) is 17.9 Å². The molecule has 0 aliphatic carbocycles. The second-order valence-corrected chi connectivity index (χ2v) is 7.30. The third kappa shape index (κ3) is 2.18. The van der Waals surface area contributed by atoms with Crippen LogP contribution in [0.4, 0.5) is 0 Å². The van der Waals surface area contributed by atoms with Gasteiger partial charge in [-0.25, -0.2) is 9.97 Å². The molecule has 5 rings (SSSR count). The highest BCUT2D eigenvalue weighted by Gasteiger charge is 2.52. The van der Waals surface area contributed by atoms with E-state index in [2.05, 4.69) is 39.2 Å². The van der Waals surface area contributed by atoms with Gasteiger partial charge in [-0.05, 0) is 18.6 Å². The monoisotopic (exact) mass is 348 g/mol. The van der Waals surface area contributed by atoms with Crippen LogP contribution in [-0.2, 0) is 10.2 Å². The van der Waals surface area contributed by atoms with Gasteiger partial charge in [-0.2, -0.15) is 0 Å². The van der Waals surface area contributed by atoms with Crippen molar-refractivity contribution in [2.75, 3.05) is 26.3 Å². The maximum absolute atomic E-state index is 13.3. The number of aromatic amines is 1. The Kier molecular flexibility index (Phi) is 3.37. The van der Waals surface area contributed by atoms with Crippen molar-refractivity contribution in [3.63, 3.8) is 0 Å². The van der Waals surface area contributed by atoms with Crippen molar-refractivity contribution in [2.45, 2.75) is 12.3 Å². The minimum atomic E-state index is -0.104. The lowest BCUT2D eigenvalue weighted by Crippen LogP contribution is -2.37. The maximum atomic E-state index is 13.3. The van der Waals surface area contributed by atoms with Gasteiger partial charge in [0.2, 0.25) is 0 Å². The molecule has 2 saturated heterocycles. The zero-order valence-electron chi connectivity index (χ0n) is 14.6. The summed E-state index contributed by atoms with van der Waals surface area (Å²) < 4.78 is 5.81. The van der Waals surface area contributed by atoms with Crippen molar-refractivity contribution < 1.29 is 9.53 Å². The van der Waals surface area contributed by atoms with Gasteiger partial charge >= 0.3 is 0 Å². The van der Waals surface area contributed by atoms with Gasteiger partial charge in [0.15, 0.2) is 5.65 Å². The predicted octanol–water partition coefficient (Wildman–Crippen LogP) is 2.31. The number of ether oxygens (including phenoxy) is 1. The number of nitrogens with one attached hydrogen (secondary N) is 1. The summed E-state index contributed by atoms with van der Waals surface area (Å²) in [6.07, 6.45) is 1.66. The lowest BCUT2D eigenvalue weighted by molar-refractivity contribution is 0.0745. The Morgan fingerprint density at radius 2 is 2.15 bits per heavy atom. The van der Waals surface area contributed by atoms with Crippen LogP contribution in [0.3, 0.4) is 0 Å². The van der Waals surface area contributed by atoms with Crippen molar-refractivity contribution in [2.24, 2.45) is 5.92 Å². The van der Waals surface area contributed by atoms with Gasteiger partial charge in [0.25, 0.3) is 5.91 Å². The van der Waals surface area contributed by atoms with E-state index in [9.17, 15) is 4.79 Å². The third-order valence-electron chi connectivity index (χ3n) is 5.75. The van der Waals surface area contributed by atoms with Gasteiger partial charge < -0.3 is 14.6 Å². The molecule has 1 amide bonds. The maximum Gasteiger partial charge on any atom is 0.256 e. The first-order chi connectivity index (χ1) is 12.7. The average Bonchev–Trinajstić information content (AvgIpc) is 3.32. The number of pyridine rings is 1. The Balaban J connectivity index is 1.51. The van der Waals surface area contributed by atoms with Crippen LogP contribution in [0.5, 0.6) is 0 Å². The summed E-state index contributed by atoms with van der Waals surface area (Å²) >= 11 is 0. The van der Waals surface area contributed by atoms with Crippen molar-refractivity contribution >= 4 is 17.1 Å². The Labute approximate surface area is 151 Å². The average molecular weight is 348 g/mol. The molecule has 2 aromatic heterocycles. The molecule has 0 saturated carbocycles. The van der Waals surface area contributed by atoms with Crippen LogP contribution in [0.25, 0.3) is 11.2 Å². The summed E-state index contributed by atoms with van der Waals surface area (Å²) in [6, 6.07) is 12.2. The van der Waals surface area contributed by atoms with Crippen molar-refractivity contribution in [1.29, 1.82) is 0 Å². The zero-order valence-corrected chi connectivity index (χ0v) is 14.6. The molecule has 6 nitrogen and oxygen atoms in total. The van der Waals surface area contributed by atoms with E-state index in [0.29, 0.717) is 43.4 Å². The molecule has 3 aromatic rings. The van der Waals surface area contributed by atoms with Crippen molar-refractivity contribution in [3.8, 4) is 0 Å². The Hall–Kier alpha value is -2.73. The summed E-state index contributed by atoms with van der Waals surface area (Å²) in [7, 11) is 0. The molecule has 2 aliphatic rings. The first kappa shape index (κ1) is 15.5. The molecule has 2 fully saturated rings. The van der Waals surface area contributed by atoms with Crippen LogP contribution < -0.4 is 0 Å². The number of aryl methyl sites for hydroxylation is 1. The Bertz CT molecular complexity index is 984. The van der Waals surface area contributed by atoms with Gasteiger partial charge in [0.1, 0.15) is 5.82 Å². The molecule has 1 N–H and O–H groups in total. The van der Waals surface area contributed by atoms with Crippen molar-refractivity contribution in [1.82, 2.24) is 19.9 Å². The van der Waals surface area contributed by atoms with Gasteiger partial charge in [-0.1, -0.05) is 30.3 Å². The molecule has 132 valence electrons.